The standard InChI is InChI=1S/C13H21N3O5/c1-21-10(6-12(18)19)7-14-13(20)15-4-5-16-9(8-15)2-3-11(16)17/h9-10H,2-8H2,1H3,(H,14,20)(H,18,19). The molecule has 2 N–H and O–H groups in total. The first-order chi connectivity index (χ1) is 10.0. The van der Waals surface area contributed by atoms with Crippen molar-refractivity contribution >= 4 is 17.9 Å². The van der Waals surface area contributed by atoms with E-state index in [-0.39, 0.29) is 30.9 Å². The Hall–Kier alpha value is -1.83. The Morgan fingerprint density at radius 2 is 2.24 bits per heavy atom. The van der Waals surface area contributed by atoms with Gasteiger partial charge in [-0.25, -0.2) is 4.79 Å². The quantitative estimate of drug-likeness (QED) is 0.712. The fourth-order valence-corrected chi connectivity index (χ4v) is 2.80. The molecule has 0 saturated carbocycles. The number of urea groups is 1. The Labute approximate surface area is 123 Å². The van der Waals surface area contributed by atoms with Gasteiger partial charge in [-0.2, -0.15) is 0 Å². The normalized spacial score (nSPS) is 22.9. The fourth-order valence-electron chi connectivity index (χ4n) is 2.80. The van der Waals surface area contributed by atoms with Crippen LogP contribution >= 0.6 is 0 Å². The van der Waals surface area contributed by atoms with Crippen molar-refractivity contribution in [3.8, 4) is 0 Å². The van der Waals surface area contributed by atoms with Crippen LogP contribution in [0, 0.1) is 0 Å². The predicted octanol–water partition coefficient (Wildman–Crippen LogP) is -0.508. The van der Waals surface area contributed by atoms with E-state index in [1.807, 2.05) is 4.90 Å². The molecule has 2 unspecified atom stereocenters. The molecule has 2 heterocycles. The minimum atomic E-state index is -0.964. The van der Waals surface area contributed by atoms with Crippen molar-refractivity contribution in [1.29, 1.82) is 0 Å². The number of carbonyl (C=O) groups excluding carboxylic acids is 2. The van der Waals surface area contributed by atoms with Gasteiger partial charge in [0.1, 0.15) is 0 Å². The van der Waals surface area contributed by atoms with Crippen LogP contribution in [0.4, 0.5) is 4.79 Å². The third-order valence-corrected chi connectivity index (χ3v) is 4.00. The maximum Gasteiger partial charge on any atom is 0.317 e. The van der Waals surface area contributed by atoms with Crippen LogP contribution in [0.2, 0.25) is 0 Å². The number of aliphatic carboxylic acids is 1. The number of piperazine rings is 1. The largest absolute Gasteiger partial charge is 0.481 e. The summed E-state index contributed by atoms with van der Waals surface area (Å²) in [7, 11) is 1.42. The predicted molar refractivity (Wildman–Crippen MR) is 72.8 cm³/mol. The maximum absolute atomic E-state index is 12.1. The van der Waals surface area contributed by atoms with Gasteiger partial charge in [0.2, 0.25) is 5.91 Å². The van der Waals surface area contributed by atoms with Gasteiger partial charge < -0.3 is 25.0 Å². The number of hydrogen-bond donors (Lipinski definition) is 2. The summed E-state index contributed by atoms with van der Waals surface area (Å²) in [6, 6.07) is -0.115. The molecule has 8 nitrogen and oxygen atoms in total. The summed E-state index contributed by atoms with van der Waals surface area (Å²) in [5.74, 6) is -0.796. The molecule has 118 valence electrons. The van der Waals surface area contributed by atoms with Crippen molar-refractivity contribution in [1.82, 2.24) is 15.1 Å². The van der Waals surface area contributed by atoms with Crippen LogP contribution in [0.1, 0.15) is 19.3 Å². The van der Waals surface area contributed by atoms with Crippen LogP contribution in [0.3, 0.4) is 0 Å². The lowest BCUT2D eigenvalue weighted by Gasteiger charge is -2.37. The number of rotatable bonds is 5. The minimum absolute atomic E-state index is 0.120. The van der Waals surface area contributed by atoms with E-state index in [1.54, 1.807) is 4.90 Å². The van der Waals surface area contributed by atoms with E-state index in [0.717, 1.165) is 6.42 Å². The van der Waals surface area contributed by atoms with E-state index in [0.29, 0.717) is 26.1 Å². The molecule has 0 aliphatic carbocycles. The fraction of sp³-hybridized carbons (Fsp3) is 0.769. The number of ether oxygens (including phenoxy) is 1. The molecule has 2 fully saturated rings. The van der Waals surface area contributed by atoms with Crippen LogP contribution in [0.5, 0.6) is 0 Å². The minimum Gasteiger partial charge on any atom is -0.481 e. The monoisotopic (exact) mass is 299 g/mol. The number of carbonyl (C=O) groups is 3. The van der Waals surface area contributed by atoms with Crippen molar-refractivity contribution in [2.75, 3.05) is 33.3 Å². The molecule has 0 aromatic carbocycles. The van der Waals surface area contributed by atoms with Gasteiger partial charge in [-0.15, -0.1) is 0 Å². The van der Waals surface area contributed by atoms with Gasteiger partial charge in [0, 0.05) is 45.8 Å². The Morgan fingerprint density at radius 3 is 2.90 bits per heavy atom. The van der Waals surface area contributed by atoms with E-state index in [4.69, 9.17) is 9.84 Å². The SMILES string of the molecule is COC(CNC(=O)N1CCN2C(=O)CCC2C1)CC(=O)O. The van der Waals surface area contributed by atoms with Gasteiger partial charge in [-0.3, -0.25) is 9.59 Å². The number of amides is 3. The molecule has 8 heteroatoms. The summed E-state index contributed by atoms with van der Waals surface area (Å²) in [5.41, 5.74) is 0. The molecule has 2 aliphatic heterocycles. The van der Waals surface area contributed by atoms with Crippen LogP contribution in [0.15, 0.2) is 0 Å². The first-order valence-electron chi connectivity index (χ1n) is 7.08. The zero-order valence-corrected chi connectivity index (χ0v) is 12.1. The number of nitrogens with one attached hydrogen (secondary N) is 1. The number of methoxy groups -OCH3 is 1. The number of hydrogen-bond acceptors (Lipinski definition) is 4. The Balaban J connectivity index is 1.78. The van der Waals surface area contributed by atoms with Crippen molar-refractivity contribution in [3.63, 3.8) is 0 Å². The maximum atomic E-state index is 12.1. The van der Waals surface area contributed by atoms with Crippen LogP contribution in [-0.4, -0.2) is 78.2 Å². The first-order valence-corrected chi connectivity index (χ1v) is 7.08. The van der Waals surface area contributed by atoms with Gasteiger partial charge in [0.25, 0.3) is 0 Å². The van der Waals surface area contributed by atoms with E-state index in [2.05, 4.69) is 5.32 Å². The highest BCUT2D eigenvalue weighted by Gasteiger charge is 2.36. The van der Waals surface area contributed by atoms with Crippen molar-refractivity contribution in [3.05, 3.63) is 0 Å². The second-order valence-electron chi connectivity index (χ2n) is 5.37. The average molecular weight is 299 g/mol. The van der Waals surface area contributed by atoms with Crippen molar-refractivity contribution in [2.24, 2.45) is 0 Å². The highest BCUT2D eigenvalue weighted by molar-refractivity contribution is 5.80. The zero-order chi connectivity index (χ0) is 15.4. The van der Waals surface area contributed by atoms with Gasteiger partial charge in [-0.05, 0) is 6.42 Å². The number of nitrogens with zero attached hydrogens (tertiary/aromatic N) is 2. The Morgan fingerprint density at radius 1 is 1.48 bits per heavy atom. The molecule has 21 heavy (non-hydrogen) atoms. The highest BCUT2D eigenvalue weighted by Crippen LogP contribution is 2.22. The summed E-state index contributed by atoms with van der Waals surface area (Å²) >= 11 is 0. The van der Waals surface area contributed by atoms with Crippen LogP contribution in [0.25, 0.3) is 0 Å². The van der Waals surface area contributed by atoms with Crippen LogP contribution in [-0.2, 0) is 14.3 Å². The number of fused-ring (bicyclic) bond motifs is 1. The molecule has 2 rings (SSSR count). The van der Waals surface area contributed by atoms with E-state index in [9.17, 15) is 14.4 Å². The average Bonchev–Trinajstić information content (AvgIpc) is 2.83. The first kappa shape index (κ1) is 15.6. The molecule has 0 aromatic rings. The Kier molecular flexibility index (Phi) is 5.00. The van der Waals surface area contributed by atoms with Crippen LogP contribution < -0.4 is 5.32 Å². The van der Waals surface area contributed by atoms with Gasteiger partial charge in [0.15, 0.2) is 0 Å². The smallest absolute Gasteiger partial charge is 0.317 e. The summed E-state index contributed by atoms with van der Waals surface area (Å²) in [4.78, 5) is 37.8. The van der Waals surface area contributed by atoms with Crippen molar-refractivity contribution in [2.45, 2.75) is 31.4 Å². The lowest BCUT2D eigenvalue weighted by atomic mass is 10.1. The van der Waals surface area contributed by atoms with Gasteiger partial charge >= 0.3 is 12.0 Å². The molecule has 2 atom stereocenters. The molecule has 0 spiro atoms. The highest BCUT2D eigenvalue weighted by atomic mass is 16.5. The lowest BCUT2D eigenvalue weighted by molar-refractivity contribution is -0.139. The number of carboxylic acid groups (broad SMARTS) is 1. The van der Waals surface area contributed by atoms with E-state index in [1.165, 1.54) is 7.11 Å². The third-order valence-electron chi connectivity index (χ3n) is 4.00. The second-order valence-corrected chi connectivity index (χ2v) is 5.37. The zero-order valence-electron chi connectivity index (χ0n) is 12.1. The van der Waals surface area contributed by atoms with E-state index < -0.39 is 12.1 Å². The molecular formula is C13H21N3O5. The van der Waals surface area contributed by atoms with Gasteiger partial charge in [-0.1, -0.05) is 0 Å². The summed E-state index contributed by atoms with van der Waals surface area (Å²) in [5, 5.41) is 11.4. The third kappa shape index (κ3) is 3.84. The Bertz CT molecular complexity index is 428. The summed E-state index contributed by atoms with van der Waals surface area (Å²) in [6.07, 6.45) is 0.662. The molecule has 3 amide bonds. The van der Waals surface area contributed by atoms with Crippen molar-refractivity contribution < 1.29 is 24.2 Å². The topological polar surface area (TPSA) is 99.2 Å². The summed E-state index contributed by atoms with van der Waals surface area (Å²) in [6.45, 7) is 1.77. The molecule has 2 saturated heterocycles. The summed E-state index contributed by atoms with van der Waals surface area (Å²) < 4.78 is 5.02. The molecule has 0 bridgehead atoms. The second kappa shape index (κ2) is 6.75. The molecular weight excluding hydrogens is 278 g/mol. The molecule has 0 radical (unpaired) electrons. The number of carboxylic acids is 1. The molecule has 0 aromatic heterocycles. The van der Waals surface area contributed by atoms with Gasteiger partial charge in [0.05, 0.1) is 12.5 Å². The lowest BCUT2D eigenvalue weighted by Crippen LogP contribution is -2.56. The van der Waals surface area contributed by atoms with E-state index >= 15 is 0 Å². The molecule has 2 aliphatic rings.